The Kier molecular flexibility index (Phi) is 7.15. The minimum absolute atomic E-state index is 0.116. The van der Waals surface area contributed by atoms with Crippen LogP contribution in [0.3, 0.4) is 0 Å². The molecule has 0 aromatic heterocycles. The molecule has 0 fully saturated rings. The molecule has 86 valence electrons. The van der Waals surface area contributed by atoms with Crippen LogP contribution >= 0.6 is 0 Å². The Morgan fingerprint density at radius 2 is 1.43 bits per heavy atom. The zero-order valence-corrected chi connectivity index (χ0v) is 9.88. The molecule has 0 rings (SSSR count). The molecule has 0 aliphatic carbocycles. The van der Waals surface area contributed by atoms with E-state index in [4.69, 9.17) is 9.47 Å². The fourth-order valence-corrected chi connectivity index (χ4v) is 1.59. The maximum absolute atomic E-state index is 9.44. The van der Waals surface area contributed by atoms with Gasteiger partial charge in [-0.1, -0.05) is 13.8 Å². The van der Waals surface area contributed by atoms with E-state index in [-0.39, 0.29) is 18.3 Å². The molecule has 0 bridgehead atoms. The summed E-state index contributed by atoms with van der Waals surface area (Å²) in [5.41, 5.74) is -0.244. The predicted molar refractivity (Wildman–Crippen MR) is 57.1 cm³/mol. The molecule has 3 heteroatoms. The Hall–Kier alpha value is -0.120. The number of aliphatic hydroxyl groups excluding tert-OH is 1. The fourth-order valence-electron chi connectivity index (χ4n) is 1.59. The van der Waals surface area contributed by atoms with E-state index in [2.05, 4.69) is 13.8 Å². The van der Waals surface area contributed by atoms with E-state index in [1.54, 1.807) is 0 Å². The minimum Gasteiger partial charge on any atom is -0.396 e. The first kappa shape index (κ1) is 13.9. The zero-order chi connectivity index (χ0) is 11.0. The summed E-state index contributed by atoms with van der Waals surface area (Å²) in [6.45, 7) is 9.36. The van der Waals surface area contributed by atoms with E-state index in [9.17, 15) is 5.11 Å². The molecule has 0 aliphatic heterocycles. The summed E-state index contributed by atoms with van der Waals surface area (Å²) in [6, 6.07) is 0. The van der Waals surface area contributed by atoms with Crippen molar-refractivity contribution in [3.8, 4) is 0 Å². The summed E-state index contributed by atoms with van der Waals surface area (Å²) in [6.07, 6.45) is 1.45. The quantitative estimate of drug-likeness (QED) is 0.616. The van der Waals surface area contributed by atoms with Crippen molar-refractivity contribution in [3.05, 3.63) is 0 Å². The van der Waals surface area contributed by atoms with Gasteiger partial charge in [-0.05, 0) is 26.7 Å². The second kappa shape index (κ2) is 7.21. The monoisotopic (exact) mass is 204 g/mol. The highest BCUT2D eigenvalue weighted by Gasteiger charge is 2.36. The van der Waals surface area contributed by atoms with E-state index < -0.39 is 0 Å². The standard InChI is InChI=1S/C11H24O3/c1-5-11(6-2,9-12)10(13-7-3)14-8-4/h10,12H,5-9H2,1-4H3. The molecule has 14 heavy (non-hydrogen) atoms. The first-order valence-corrected chi connectivity index (χ1v) is 5.54. The highest BCUT2D eigenvalue weighted by molar-refractivity contribution is 4.79. The third-order valence-corrected chi connectivity index (χ3v) is 2.86. The van der Waals surface area contributed by atoms with Gasteiger partial charge in [0.2, 0.25) is 0 Å². The van der Waals surface area contributed by atoms with Gasteiger partial charge in [0, 0.05) is 18.6 Å². The topological polar surface area (TPSA) is 38.7 Å². The maximum Gasteiger partial charge on any atom is 0.165 e. The normalized spacial score (nSPS) is 12.4. The van der Waals surface area contributed by atoms with Crippen LogP contribution in [0.25, 0.3) is 0 Å². The van der Waals surface area contributed by atoms with Gasteiger partial charge in [-0.2, -0.15) is 0 Å². The molecule has 1 N–H and O–H groups in total. The van der Waals surface area contributed by atoms with Crippen molar-refractivity contribution < 1.29 is 14.6 Å². The number of hydrogen-bond acceptors (Lipinski definition) is 3. The van der Waals surface area contributed by atoms with Crippen LogP contribution in [0.5, 0.6) is 0 Å². The largest absolute Gasteiger partial charge is 0.396 e. The van der Waals surface area contributed by atoms with E-state index in [1.165, 1.54) is 0 Å². The van der Waals surface area contributed by atoms with Crippen molar-refractivity contribution in [2.24, 2.45) is 5.41 Å². The summed E-state index contributed by atoms with van der Waals surface area (Å²) in [5.74, 6) is 0. The summed E-state index contributed by atoms with van der Waals surface area (Å²) in [7, 11) is 0. The van der Waals surface area contributed by atoms with Gasteiger partial charge in [0.1, 0.15) is 0 Å². The van der Waals surface area contributed by atoms with Crippen LogP contribution in [0.1, 0.15) is 40.5 Å². The summed E-state index contributed by atoms with van der Waals surface area (Å²) in [5, 5.41) is 9.44. The summed E-state index contributed by atoms with van der Waals surface area (Å²) >= 11 is 0. The first-order valence-electron chi connectivity index (χ1n) is 5.54. The van der Waals surface area contributed by atoms with Crippen molar-refractivity contribution >= 4 is 0 Å². The van der Waals surface area contributed by atoms with Crippen molar-refractivity contribution in [2.45, 2.75) is 46.8 Å². The third kappa shape index (κ3) is 3.23. The van der Waals surface area contributed by atoms with Crippen molar-refractivity contribution in [1.82, 2.24) is 0 Å². The Morgan fingerprint density at radius 1 is 1.00 bits per heavy atom. The second-order valence-corrected chi connectivity index (χ2v) is 3.47. The van der Waals surface area contributed by atoms with E-state index in [0.717, 1.165) is 12.8 Å². The Morgan fingerprint density at radius 3 is 1.64 bits per heavy atom. The summed E-state index contributed by atoms with van der Waals surface area (Å²) in [4.78, 5) is 0. The van der Waals surface area contributed by atoms with Gasteiger partial charge < -0.3 is 14.6 Å². The van der Waals surface area contributed by atoms with Crippen LogP contribution in [0.15, 0.2) is 0 Å². The number of aliphatic hydroxyl groups is 1. The van der Waals surface area contributed by atoms with Crippen molar-refractivity contribution in [2.75, 3.05) is 19.8 Å². The third-order valence-electron chi connectivity index (χ3n) is 2.86. The van der Waals surface area contributed by atoms with Crippen LogP contribution in [0.4, 0.5) is 0 Å². The highest BCUT2D eigenvalue weighted by Crippen LogP contribution is 2.32. The van der Waals surface area contributed by atoms with Crippen LogP contribution in [-0.2, 0) is 9.47 Å². The van der Waals surface area contributed by atoms with Gasteiger partial charge in [0.25, 0.3) is 0 Å². The summed E-state index contributed by atoms with van der Waals surface area (Å²) < 4.78 is 11.1. The van der Waals surface area contributed by atoms with Crippen LogP contribution in [0, 0.1) is 5.41 Å². The molecule has 0 amide bonds. The molecule has 0 saturated carbocycles. The van der Waals surface area contributed by atoms with Crippen molar-refractivity contribution in [1.29, 1.82) is 0 Å². The van der Waals surface area contributed by atoms with Gasteiger partial charge in [0.15, 0.2) is 6.29 Å². The number of ether oxygens (including phenoxy) is 2. The van der Waals surface area contributed by atoms with E-state index in [1.807, 2.05) is 13.8 Å². The Labute approximate surface area is 87.4 Å². The lowest BCUT2D eigenvalue weighted by molar-refractivity contribution is -0.216. The van der Waals surface area contributed by atoms with Gasteiger partial charge >= 0.3 is 0 Å². The molecule has 0 atom stereocenters. The Balaban J connectivity index is 4.52. The van der Waals surface area contributed by atoms with Crippen LogP contribution in [0.2, 0.25) is 0 Å². The van der Waals surface area contributed by atoms with Crippen LogP contribution < -0.4 is 0 Å². The smallest absolute Gasteiger partial charge is 0.165 e. The van der Waals surface area contributed by atoms with E-state index >= 15 is 0 Å². The van der Waals surface area contributed by atoms with Gasteiger partial charge in [0.05, 0.1) is 6.61 Å². The molecule has 0 spiro atoms. The molecule has 0 aromatic rings. The molecule has 0 saturated heterocycles. The predicted octanol–water partition coefficient (Wildman–Crippen LogP) is 2.18. The zero-order valence-electron chi connectivity index (χ0n) is 9.88. The second-order valence-electron chi connectivity index (χ2n) is 3.47. The van der Waals surface area contributed by atoms with Crippen molar-refractivity contribution in [3.63, 3.8) is 0 Å². The molecule has 0 radical (unpaired) electrons. The first-order chi connectivity index (χ1) is 6.70. The molecule has 0 heterocycles. The molecular weight excluding hydrogens is 180 g/mol. The molecular formula is C11H24O3. The number of hydrogen-bond donors (Lipinski definition) is 1. The average Bonchev–Trinajstić information content (AvgIpc) is 2.22. The number of rotatable bonds is 8. The van der Waals surface area contributed by atoms with Gasteiger partial charge in [-0.3, -0.25) is 0 Å². The minimum atomic E-state index is -0.280. The SMILES string of the molecule is CCOC(OCC)C(CC)(CC)CO. The lowest BCUT2D eigenvalue weighted by Crippen LogP contribution is -2.41. The molecule has 0 unspecified atom stereocenters. The lowest BCUT2D eigenvalue weighted by atomic mass is 9.82. The maximum atomic E-state index is 9.44. The highest BCUT2D eigenvalue weighted by atomic mass is 16.7. The Bertz CT molecular complexity index is 118. The van der Waals surface area contributed by atoms with Gasteiger partial charge in [-0.25, -0.2) is 0 Å². The fraction of sp³-hybridized carbons (Fsp3) is 1.00. The molecule has 3 nitrogen and oxygen atoms in total. The van der Waals surface area contributed by atoms with Gasteiger partial charge in [-0.15, -0.1) is 0 Å². The van der Waals surface area contributed by atoms with E-state index in [0.29, 0.717) is 13.2 Å². The molecule has 0 aliphatic rings. The molecule has 0 aromatic carbocycles. The lowest BCUT2D eigenvalue weighted by Gasteiger charge is -2.37. The average molecular weight is 204 g/mol. The van der Waals surface area contributed by atoms with Crippen LogP contribution in [-0.4, -0.2) is 31.2 Å².